The summed E-state index contributed by atoms with van der Waals surface area (Å²) in [5.74, 6) is 1.71. The zero-order chi connectivity index (χ0) is 44.0. The van der Waals surface area contributed by atoms with Gasteiger partial charge >= 0.3 is 0 Å². The molecule has 3 fully saturated rings. The van der Waals surface area contributed by atoms with Gasteiger partial charge in [-0.15, -0.1) is 0 Å². The average molecular weight is 852 g/mol. The Bertz CT molecular complexity index is 3150. The zero-order valence-electron chi connectivity index (χ0n) is 38.1. The maximum atomic E-state index is 4.83. The van der Waals surface area contributed by atoms with E-state index < -0.39 is 0 Å². The molecule has 0 saturated heterocycles. The number of hydrogen-bond acceptors (Lipinski definition) is 1. The third-order valence-corrected chi connectivity index (χ3v) is 17.2. The van der Waals surface area contributed by atoms with Gasteiger partial charge in [0.15, 0.2) is 0 Å². The lowest BCUT2D eigenvalue weighted by atomic mass is 9.49. The van der Waals surface area contributed by atoms with Crippen LogP contribution in [0.5, 0.6) is 0 Å². The van der Waals surface area contributed by atoms with Crippen LogP contribution in [0.15, 0.2) is 200 Å². The summed E-state index contributed by atoms with van der Waals surface area (Å²) in [6.45, 7) is 7.36. The Labute approximate surface area is 391 Å². The lowest BCUT2D eigenvalue weighted by Gasteiger charge is -2.54. The Morgan fingerprint density at radius 1 is 0.424 bits per heavy atom. The van der Waals surface area contributed by atoms with Crippen molar-refractivity contribution < 1.29 is 0 Å². The van der Waals surface area contributed by atoms with Gasteiger partial charge in [0.25, 0.3) is 0 Å². The smallest absolute Gasteiger partial charge is 0.0462 e. The Balaban J connectivity index is 0.868. The maximum absolute atomic E-state index is 4.83. The molecule has 1 heteroatoms. The lowest BCUT2D eigenvalue weighted by Crippen LogP contribution is -2.49. The molecule has 66 heavy (non-hydrogen) atoms. The van der Waals surface area contributed by atoms with Crippen LogP contribution in [0.3, 0.4) is 0 Å². The van der Waals surface area contributed by atoms with Crippen LogP contribution < -0.4 is 4.90 Å². The van der Waals surface area contributed by atoms with E-state index in [0.29, 0.717) is 17.8 Å². The standard InChI is InChI=1S/C65H57N/c1-43-40-49-16-13-21-59(44(49)2)65(43)61-20-10-8-18-56(61)58-37-29-51(42-63(58)65)48-26-34-54(35-27-48)66(52-30-22-46(23-31-52)45-14-5-3-6-15-45)53-32-24-47(25-33-53)50-28-36-57-55-17-7-9-19-60(55)64(62(57)41-50)38-11-4-12-39-64/h3,5-10,14-15,17-20,22-37,41-43,49,59H,2,4,11-13,16,21,38-40H2,1H3/t43-,49?,59+,65+/m0/s1. The molecule has 13 rings (SSSR count). The van der Waals surface area contributed by atoms with Gasteiger partial charge in [0.05, 0.1) is 0 Å². The van der Waals surface area contributed by atoms with E-state index in [-0.39, 0.29) is 10.8 Å². The minimum Gasteiger partial charge on any atom is -0.311 e. The van der Waals surface area contributed by atoms with Gasteiger partial charge in [-0.1, -0.05) is 184 Å². The first-order chi connectivity index (χ1) is 32.5. The molecule has 4 atom stereocenters. The van der Waals surface area contributed by atoms with E-state index in [9.17, 15) is 0 Å². The van der Waals surface area contributed by atoms with E-state index >= 15 is 0 Å². The summed E-state index contributed by atoms with van der Waals surface area (Å²) >= 11 is 0. The van der Waals surface area contributed by atoms with Gasteiger partial charge in [0, 0.05) is 27.9 Å². The summed E-state index contributed by atoms with van der Waals surface area (Å²) in [4.78, 5) is 2.42. The van der Waals surface area contributed by atoms with Crippen LogP contribution in [-0.2, 0) is 10.8 Å². The van der Waals surface area contributed by atoms with Gasteiger partial charge in [-0.3, -0.25) is 0 Å². The Morgan fingerprint density at radius 2 is 0.894 bits per heavy atom. The first-order valence-electron chi connectivity index (χ1n) is 24.9. The molecule has 0 N–H and O–H groups in total. The molecule has 3 saturated carbocycles. The van der Waals surface area contributed by atoms with Crippen molar-refractivity contribution in [3.63, 3.8) is 0 Å². The molecule has 5 aliphatic rings. The molecule has 8 aromatic rings. The van der Waals surface area contributed by atoms with Crippen molar-refractivity contribution in [3.8, 4) is 55.6 Å². The van der Waals surface area contributed by atoms with E-state index in [4.69, 9.17) is 6.58 Å². The first-order valence-corrected chi connectivity index (χ1v) is 24.9. The van der Waals surface area contributed by atoms with Crippen molar-refractivity contribution in [3.05, 3.63) is 222 Å². The van der Waals surface area contributed by atoms with E-state index in [1.807, 2.05) is 0 Å². The Kier molecular flexibility index (Phi) is 9.28. The third-order valence-electron chi connectivity index (χ3n) is 17.2. The van der Waals surface area contributed by atoms with Crippen molar-refractivity contribution in [2.45, 2.75) is 75.5 Å². The van der Waals surface area contributed by atoms with Gasteiger partial charge < -0.3 is 4.90 Å². The van der Waals surface area contributed by atoms with Crippen molar-refractivity contribution in [2.75, 3.05) is 4.90 Å². The lowest BCUT2D eigenvalue weighted by molar-refractivity contribution is 0.128. The SMILES string of the molecule is C=C1C2CCC[C@H]1[C@@]1(c3ccccc3-c3ccc(-c4ccc(N(c5ccc(-c6ccccc6)cc5)c5ccc(-c6ccc7c(c6)C6(CCCCC6)c6ccccc6-7)cc5)cc4)cc31)[C@@H](C)C2. The number of fused-ring (bicyclic) bond motifs is 13. The molecule has 8 aromatic carbocycles. The predicted molar refractivity (Wildman–Crippen MR) is 277 cm³/mol. The number of rotatable bonds is 6. The Morgan fingerprint density at radius 3 is 1.52 bits per heavy atom. The highest BCUT2D eigenvalue weighted by Gasteiger charge is 2.57. The highest BCUT2D eigenvalue weighted by atomic mass is 15.1. The molecule has 0 aromatic heterocycles. The second-order valence-corrected chi connectivity index (χ2v) is 20.4. The van der Waals surface area contributed by atoms with Crippen LogP contribution in [0.2, 0.25) is 0 Å². The molecule has 0 radical (unpaired) electrons. The first kappa shape index (κ1) is 39.6. The fourth-order valence-electron chi connectivity index (χ4n) is 14.2. The van der Waals surface area contributed by atoms with Gasteiger partial charge in [-0.05, 0) is 176 Å². The summed E-state index contributed by atoms with van der Waals surface area (Å²) in [6, 6.07) is 71.6. The summed E-state index contributed by atoms with van der Waals surface area (Å²) < 4.78 is 0. The molecule has 1 unspecified atom stereocenters. The predicted octanol–water partition coefficient (Wildman–Crippen LogP) is 17.7. The topological polar surface area (TPSA) is 3.24 Å². The summed E-state index contributed by atoms with van der Waals surface area (Å²) in [5.41, 5.74) is 24.4. The van der Waals surface area contributed by atoms with Crippen LogP contribution in [0.25, 0.3) is 55.6 Å². The maximum Gasteiger partial charge on any atom is 0.0462 e. The molecule has 0 heterocycles. The number of benzene rings is 8. The largest absolute Gasteiger partial charge is 0.311 e. The fraction of sp³-hybridized carbons (Fsp3) is 0.231. The molecular formula is C65H57N. The molecule has 1 nitrogen and oxygen atoms in total. The van der Waals surface area contributed by atoms with Crippen molar-refractivity contribution in [1.29, 1.82) is 0 Å². The number of anilines is 3. The van der Waals surface area contributed by atoms with Crippen LogP contribution >= 0.6 is 0 Å². The Hall–Kier alpha value is -6.70. The molecule has 2 spiro atoms. The van der Waals surface area contributed by atoms with Crippen molar-refractivity contribution in [1.82, 2.24) is 0 Å². The highest BCUT2D eigenvalue weighted by molar-refractivity contribution is 5.87. The van der Waals surface area contributed by atoms with Gasteiger partial charge in [-0.25, -0.2) is 0 Å². The monoisotopic (exact) mass is 851 g/mol. The van der Waals surface area contributed by atoms with Crippen LogP contribution in [0.1, 0.15) is 87.0 Å². The summed E-state index contributed by atoms with van der Waals surface area (Å²) in [7, 11) is 0. The fourth-order valence-corrected chi connectivity index (χ4v) is 14.2. The molecule has 0 aliphatic heterocycles. The third kappa shape index (κ3) is 5.91. The summed E-state index contributed by atoms with van der Waals surface area (Å²) in [6.07, 6.45) is 11.5. The highest BCUT2D eigenvalue weighted by Crippen LogP contribution is 2.65. The van der Waals surface area contributed by atoms with Crippen LogP contribution in [-0.4, -0.2) is 0 Å². The minimum absolute atomic E-state index is 0.0210. The number of allylic oxidation sites excluding steroid dienone is 1. The van der Waals surface area contributed by atoms with Gasteiger partial charge in [0.1, 0.15) is 0 Å². The second-order valence-electron chi connectivity index (χ2n) is 20.4. The normalized spacial score (nSPS) is 21.8. The van der Waals surface area contributed by atoms with E-state index in [1.165, 1.54) is 136 Å². The number of hydrogen-bond donors (Lipinski definition) is 0. The van der Waals surface area contributed by atoms with Crippen LogP contribution in [0.4, 0.5) is 17.1 Å². The van der Waals surface area contributed by atoms with Crippen LogP contribution in [0, 0.1) is 17.8 Å². The zero-order valence-corrected chi connectivity index (χ0v) is 38.1. The number of nitrogens with zero attached hydrogens (tertiary/aromatic N) is 1. The van der Waals surface area contributed by atoms with E-state index in [2.05, 4.69) is 200 Å². The van der Waals surface area contributed by atoms with E-state index in [0.717, 1.165) is 17.1 Å². The molecular weight excluding hydrogens is 795 g/mol. The van der Waals surface area contributed by atoms with E-state index in [1.54, 1.807) is 5.56 Å². The van der Waals surface area contributed by atoms with Gasteiger partial charge in [0.2, 0.25) is 0 Å². The summed E-state index contributed by atoms with van der Waals surface area (Å²) in [5, 5.41) is 0. The molecule has 2 bridgehead atoms. The molecule has 5 aliphatic carbocycles. The molecule has 0 amide bonds. The van der Waals surface area contributed by atoms with Crippen molar-refractivity contribution >= 4 is 17.1 Å². The average Bonchev–Trinajstić information content (AvgIpc) is 3.81. The molecule has 322 valence electrons. The van der Waals surface area contributed by atoms with Crippen molar-refractivity contribution in [2.24, 2.45) is 17.8 Å². The second kappa shape index (κ2) is 15.5. The van der Waals surface area contributed by atoms with Gasteiger partial charge in [-0.2, -0.15) is 0 Å². The minimum atomic E-state index is -0.0210. The quantitative estimate of drug-likeness (QED) is 0.151.